The van der Waals surface area contributed by atoms with Crippen LogP contribution in [0.3, 0.4) is 0 Å². The van der Waals surface area contributed by atoms with Gasteiger partial charge in [0.2, 0.25) is 0 Å². The van der Waals surface area contributed by atoms with E-state index in [1.165, 1.54) is 22.7 Å². The zero-order valence-electron chi connectivity index (χ0n) is 13.1. The molecule has 0 bridgehead atoms. The van der Waals surface area contributed by atoms with E-state index < -0.39 is 5.97 Å². The summed E-state index contributed by atoms with van der Waals surface area (Å²) in [7, 11) is 0. The first-order valence-electron chi connectivity index (χ1n) is 7.81. The molecule has 0 fully saturated rings. The molecule has 0 saturated heterocycles. The van der Waals surface area contributed by atoms with Gasteiger partial charge in [0, 0.05) is 11.8 Å². The number of carboxylic acids is 1. The first kappa shape index (κ1) is 15.1. The highest BCUT2D eigenvalue weighted by Crippen LogP contribution is 2.31. The summed E-state index contributed by atoms with van der Waals surface area (Å²) in [6.07, 6.45) is 4.46. The topological polar surface area (TPSA) is 91.9 Å². The minimum atomic E-state index is -1.08. The molecule has 124 valence electrons. The zero-order chi connectivity index (χ0) is 17.6. The monoisotopic (exact) mass is 334 g/mol. The number of aromatic carboxylic acids is 1. The maximum atomic E-state index is 12.7. The van der Waals surface area contributed by atoms with E-state index in [1.807, 2.05) is 12.1 Å². The maximum Gasteiger partial charge on any atom is 0.337 e. The molecular weight excluding hydrogens is 320 g/mol. The Balaban J connectivity index is 1.88. The SMILES string of the molecule is O=C(O)c1ccc2nc3c(c(=O)n2c1)CC/C3=C/c1cccc(O)c1. The van der Waals surface area contributed by atoms with E-state index in [1.54, 1.807) is 18.2 Å². The van der Waals surface area contributed by atoms with E-state index in [-0.39, 0.29) is 16.9 Å². The molecule has 2 heterocycles. The number of phenols is 1. The summed E-state index contributed by atoms with van der Waals surface area (Å²) >= 11 is 0. The molecule has 0 aliphatic heterocycles. The number of nitrogens with zero attached hydrogens (tertiary/aromatic N) is 2. The Kier molecular flexibility index (Phi) is 3.39. The van der Waals surface area contributed by atoms with Crippen molar-refractivity contribution in [3.63, 3.8) is 0 Å². The first-order chi connectivity index (χ1) is 12.0. The molecule has 1 aliphatic rings. The van der Waals surface area contributed by atoms with Crippen molar-refractivity contribution >= 4 is 23.3 Å². The molecule has 0 atom stereocenters. The molecule has 6 nitrogen and oxygen atoms in total. The van der Waals surface area contributed by atoms with E-state index in [4.69, 9.17) is 5.11 Å². The van der Waals surface area contributed by atoms with Gasteiger partial charge in [-0.05, 0) is 54.3 Å². The molecule has 2 aromatic heterocycles. The summed E-state index contributed by atoms with van der Waals surface area (Å²) in [5.41, 5.74) is 3.24. The molecule has 0 unspecified atom stereocenters. The quantitative estimate of drug-likeness (QED) is 0.751. The summed E-state index contributed by atoms with van der Waals surface area (Å²) in [4.78, 5) is 28.4. The number of aromatic nitrogens is 2. The molecule has 3 aromatic rings. The van der Waals surface area contributed by atoms with Crippen molar-refractivity contribution < 1.29 is 15.0 Å². The van der Waals surface area contributed by atoms with Crippen LogP contribution in [0.5, 0.6) is 5.75 Å². The van der Waals surface area contributed by atoms with Gasteiger partial charge in [-0.1, -0.05) is 12.1 Å². The second-order valence-corrected chi connectivity index (χ2v) is 5.96. The highest BCUT2D eigenvalue weighted by atomic mass is 16.4. The number of carbonyl (C=O) groups is 1. The van der Waals surface area contributed by atoms with Crippen LogP contribution in [0.1, 0.15) is 33.6 Å². The fourth-order valence-electron chi connectivity index (χ4n) is 3.13. The van der Waals surface area contributed by atoms with Gasteiger partial charge in [-0.2, -0.15) is 0 Å². The lowest BCUT2D eigenvalue weighted by molar-refractivity contribution is 0.0696. The normalized spacial score (nSPS) is 14.8. The van der Waals surface area contributed by atoms with Gasteiger partial charge in [0.15, 0.2) is 0 Å². The van der Waals surface area contributed by atoms with E-state index in [9.17, 15) is 14.7 Å². The average molecular weight is 334 g/mol. The Morgan fingerprint density at radius 2 is 2.04 bits per heavy atom. The number of benzene rings is 1. The number of allylic oxidation sites excluding steroid dienone is 1. The van der Waals surface area contributed by atoms with E-state index in [0.29, 0.717) is 29.7 Å². The van der Waals surface area contributed by atoms with Crippen LogP contribution in [0.25, 0.3) is 17.3 Å². The third-order valence-electron chi connectivity index (χ3n) is 4.32. The third kappa shape index (κ3) is 2.57. The molecule has 6 heteroatoms. The molecule has 4 rings (SSSR count). The smallest absolute Gasteiger partial charge is 0.337 e. The molecule has 25 heavy (non-hydrogen) atoms. The molecule has 1 aromatic carbocycles. The van der Waals surface area contributed by atoms with Gasteiger partial charge in [0.05, 0.1) is 11.3 Å². The Morgan fingerprint density at radius 1 is 1.20 bits per heavy atom. The summed E-state index contributed by atoms with van der Waals surface area (Å²) in [5, 5.41) is 18.7. The number of aromatic hydroxyl groups is 1. The van der Waals surface area contributed by atoms with Crippen LogP contribution in [0.4, 0.5) is 0 Å². The minimum absolute atomic E-state index is 0.0462. The fraction of sp³-hybridized carbons (Fsp3) is 0.105. The number of carboxylic acid groups (broad SMARTS) is 1. The van der Waals surface area contributed by atoms with E-state index in [0.717, 1.165) is 11.1 Å². The second kappa shape index (κ2) is 5.59. The lowest BCUT2D eigenvalue weighted by atomic mass is 10.1. The summed E-state index contributed by atoms with van der Waals surface area (Å²) < 4.78 is 1.29. The predicted octanol–water partition coefficient (Wildman–Crippen LogP) is 2.59. The van der Waals surface area contributed by atoms with Crippen molar-refractivity contribution in [3.8, 4) is 5.75 Å². The Bertz CT molecular complexity index is 1110. The minimum Gasteiger partial charge on any atom is -0.508 e. The van der Waals surface area contributed by atoms with Crippen LogP contribution >= 0.6 is 0 Å². The second-order valence-electron chi connectivity index (χ2n) is 5.96. The van der Waals surface area contributed by atoms with Gasteiger partial charge in [0.1, 0.15) is 11.4 Å². The molecule has 0 saturated carbocycles. The number of hydrogen-bond acceptors (Lipinski definition) is 4. The summed E-state index contributed by atoms with van der Waals surface area (Å²) in [6, 6.07) is 9.85. The number of hydrogen-bond donors (Lipinski definition) is 2. The van der Waals surface area contributed by atoms with Crippen molar-refractivity contribution in [2.45, 2.75) is 12.8 Å². The van der Waals surface area contributed by atoms with Crippen LogP contribution in [0.2, 0.25) is 0 Å². The van der Waals surface area contributed by atoms with Gasteiger partial charge >= 0.3 is 5.97 Å². The molecule has 0 radical (unpaired) electrons. The van der Waals surface area contributed by atoms with Crippen LogP contribution < -0.4 is 5.56 Å². The van der Waals surface area contributed by atoms with Crippen molar-refractivity contribution in [3.05, 3.63) is 75.3 Å². The van der Waals surface area contributed by atoms with Gasteiger partial charge in [0.25, 0.3) is 5.56 Å². The maximum absolute atomic E-state index is 12.7. The molecule has 0 spiro atoms. The fourth-order valence-corrected chi connectivity index (χ4v) is 3.13. The number of pyridine rings is 1. The van der Waals surface area contributed by atoms with Gasteiger partial charge in [-0.15, -0.1) is 0 Å². The Morgan fingerprint density at radius 3 is 2.80 bits per heavy atom. The van der Waals surface area contributed by atoms with Gasteiger partial charge < -0.3 is 10.2 Å². The van der Waals surface area contributed by atoms with E-state index >= 15 is 0 Å². The predicted molar refractivity (Wildman–Crippen MR) is 92.7 cm³/mol. The first-order valence-corrected chi connectivity index (χ1v) is 7.81. The van der Waals surface area contributed by atoms with Crippen LogP contribution in [-0.2, 0) is 6.42 Å². The average Bonchev–Trinajstić information content (AvgIpc) is 2.98. The number of phenolic OH excluding ortho intramolecular Hbond substituents is 1. The van der Waals surface area contributed by atoms with Gasteiger partial charge in [-0.25, -0.2) is 9.78 Å². The van der Waals surface area contributed by atoms with Gasteiger partial charge in [-0.3, -0.25) is 9.20 Å². The number of rotatable bonds is 2. The summed E-state index contributed by atoms with van der Waals surface area (Å²) in [6.45, 7) is 0. The molecule has 2 N–H and O–H groups in total. The molecular formula is C19H14N2O4. The van der Waals surface area contributed by atoms with E-state index in [2.05, 4.69) is 4.98 Å². The van der Waals surface area contributed by atoms with Crippen LogP contribution in [0.15, 0.2) is 47.4 Å². The third-order valence-corrected chi connectivity index (χ3v) is 4.32. The lowest BCUT2D eigenvalue weighted by Crippen LogP contribution is -2.20. The highest BCUT2D eigenvalue weighted by Gasteiger charge is 2.23. The highest BCUT2D eigenvalue weighted by molar-refractivity contribution is 5.88. The Labute approximate surface area is 142 Å². The summed E-state index contributed by atoms with van der Waals surface area (Å²) in [5.74, 6) is -0.904. The Hall–Kier alpha value is -3.41. The molecule has 1 aliphatic carbocycles. The zero-order valence-corrected chi connectivity index (χ0v) is 13.1. The standard InChI is InChI=1S/C19H14N2O4/c22-14-3-1-2-11(9-14)8-12-4-6-15-17(12)20-16-7-5-13(19(24)25)10-21(16)18(15)23/h1-3,5,7-10,22H,4,6H2,(H,24,25)/b12-8-. The van der Waals surface area contributed by atoms with Crippen LogP contribution in [0, 0.1) is 0 Å². The van der Waals surface area contributed by atoms with Crippen molar-refractivity contribution in [2.75, 3.05) is 0 Å². The lowest BCUT2D eigenvalue weighted by Gasteiger charge is -2.06. The number of fused-ring (bicyclic) bond motifs is 2. The van der Waals surface area contributed by atoms with Crippen molar-refractivity contribution in [1.29, 1.82) is 0 Å². The van der Waals surface area contributed by atoms with Crippen molar-refractivity contribution in [2.24, 2.45) is 0 Å². The largest absolute Gasteiger partial charge is 0.508 e. The van der Waals surface area contributed by atoms with Crippen LogP contribution in [-0.4, -0.2) is 25.6 Å². The van der Waals surface area contributed by atoms with Crippen molar-refractivity contribution in [1.82, 2.24) is 9.38 Å². The molecule has 0 amide bonds.